The van der Waals surface area contributed by atoms with Crippen molar-refractivity contribution >= 4 is 11.0 Å². The monoisotopic (exact) mass is 225 g/mol. The highest BCUT2D eigenvalue weighted by Gasteiger charge is 2.23. The lowest BCUT2D eigenvalue weighted by molar-refractivity contribution is 0.421. The fraction of sp³-hybridized carbons (Fsp3) is 0.364. The highest BCUT2D eigenvalue weighted by Crippen LogP contribution is 2.22. The van der Waals surface area contributed by atoms with Crippen molar-refractivity contribution in [1.82, 2.24) is 15.3 Å². The number of benzene rings is 1. The van der Waals surface area contributed by atoms with E-state index in [0.717, 1.165) is 6.07 Å². The highest BCUT2D eigenvalue weighted by molar-refractivity contribution is 5.76. The number of halogens is 2. The van der Waals surface area contributed by atoms with E-state index >= 15 is 0 Å². The summed E-state index contributed by atoms with van der Waals surface area (Å²) in [6, 6.07) is 2.07. The van der Waals surface area contributed by atoms with Gasteiger partial charge < -0.3 is 10.3 Å². The molecule has 2 aromatic rings. The molecule has 2 rings (SSSR count). The SMILES string of the molecule is CNC(C)(C)c1nc2c(F)cc(F)cc2[nH]1. The zero-order valence-electron chi connectivity index (χ0n) is 9.36. The van der Waals surface area contributed by atoms with Gasteiger partial charge in [-0.1, -0.05) is 0 Å². The van der Waals surface area contributed by atoms with Gasteiger partial charge in [-0.3, -0.25) is 0 Å². The largest absolute Gasteiger partial charge is 0.340 e. The Morgan fingerprint density at radius 1 is 1.31 bits per heavy atom. The first-order valence-electron chi connectivity index (χ1n) is 4.98. The number of hydrogen-bond donors (Lipinski definition) is 2. The van der Waals surface area contributed by atoms with Crippen LogP contribution < -0.4 is 5.32 Å². The molecular weight excluding hydrogens is 212 g/mol. The lowest BCUT2D eigenvalue weighted by Crippen LogP contribution is -2.34. The third-order valence-electron chi connectivity index (χ3n) is 2.72. The number of aromatic nitrogens is 2. The first-order valence-corrected chi connectivity index (χ1v) is 4.98. The van der Waals surface area contributed by atoms with Gasteiger partial charge in [0.05, 0.1) is 11.1 Å². The topological polar surface area (TPSA) is 40.7 Å². The molecule has 0 aliphatic rings. The molecule has 0 saturated carbocycles. The van der Waals surface area contributed by atoms with E-state index in [-0.39, 0.29) is 5.52 Å². The Morgan fingerprint density at radius 2 is 2.00 bits per heavy atom. The van der Waals surface area contributed by atoms with E-state index in [2.05, 4.69) is 15.3 Å². The summed E-state index contributed by atoms with van der Waals surface area (Å²) >= 11 is 0. The molecule has 0 unspecified atom stereocenters. The van der Waals surface area contributed by atoms with Crippen LogP contribution in [0.3, 0.4) is 0 Å². The normalized spacial score (nSPS) is 12.3. The second kappa shape index (κ2) is 3.52. The Hall–Kier alpha value is -1.49. The van der Waals surface area contributed by atoms with Crippen LogP contribution in [0.1, 0.15) is 19.7 Å². The van der Waals surface area contributed by atoms with Gasteiger partial charge in [-0.25, -0.2) is 13.8 Å². The number of aromatic amines is 1. The molecule has 0 aliphatic carbocycles. The molecule has 1 aromatic heterocycles. The van der Waals surface area contributed by atoms with Crippen LogP contribution >= 0.6 is 0 Å². The minimum Gasteiger partial charge on any atom is -0.340 e. The van der Waals surface area contributed by atoms with Crippen molar-refractivity contribution in [3.05, 3.63) is 29.6 Å². The lowest BCUT2D eigenvalue weighted by Gasteiger charge is -2.20. The van der Waals surface area contributed by atoms with Gasteiger partial charge in [-0.2, -0.15) is 0 Å². The van der Waals surface area contributed by atoms with Crippen LogP contribution in [0.2, 0.25) is 0 Å². The van der Waals surface area contributed by atoms with Gasteiger partial charge >= 0.3 is 0 Å². The first-order chi connectivity index (χ1) is 7.44. The van der Waals surface area contributed by atoms with Crippen molar-refractivity contribution < 1.29 is 8.78 Å². The van der Waals surface area contributed by atoms with Crippen molar-refractivity contribution in [2.75, 3.05) is 7.05 Å². The molecule has 5 heteroatoms. The molecule has 3 nitrogen and oxygen atoms in total. The van der Waals surface area contributed by atoms with E-state index in [9.17, 15) is 8.78 Å². The van der Waals surface area contributed by atoms with Crippen LogP contribution in [0.4, 0.5) is 8.78 Å². The van der Waals surface area contributed by atoms with Gasteiger partial charge in [-0.05, 0) is 27.0 Å². The van der Waals surface area contributed by atoms with Crippen LogP contribution in [0, 0.1) is 11.6 Å². The number of nitrogens with zero attached hydrogens (tertiary/aromatic N) is 1. The molecule has 0 amide bonds. The van der Waals surface area contributed by atoms with E-state index in [1.165, 1.54) is 6.07 Å². The molecule has 16 heavy (non-hydrogen) atoms. The maximum atomic E-state index is 13.4. The molecule has 0 bridgehead atoms. The number of hydrogen-bond acceptors (Lipinski definition) is 2. The molecule has 0 atom stereocenters. The van der Waals surface area contributed by atoms with Gasteiger partial charge in [0.25, 0.3) is 0 Å². The molecular formula is C11H13F2N3. The van der Waals surface area contributed by atoms with Crippen molar-refractivity contribution in [2.24, 2.45) is 0 Å². The summed E-state index contributed by atoms with van der Waals surface area (Å²) in [6.07, 6.45) is 0. The average Bonchev–Trinajstić information content (AvgIpc) is 2.62. The molecule has 1 aromatic carbocycles. The van der Waals surface area contributed by atoms with Gasteiger partial charge in [-0.15, -0.1) is 0 Å². The van der Waals surface area contributed by atoms with E-state index in [0.29, 0.717) is 11.3 Å². The Kier molecular flexibility index (Phi) is 2.42. The highest BCUT2D eigenvalue weighted by atomic mass is 19.1. The predicted molar refractivity (Wildman–Crippen MR) is 58.1 cm³/mol. The first kappa shape index (κ1) is 11.0. The summed E-state index contributed by atoms with van der Waals surface area (Å²) in [5.74, 6) is -0.679. The number of nitrogens with one attached hydrogen (secondary N) is 2. The van der Waals surface area contributed by atoms with Crippen molar-refractivity contribution in [1.29, 1.82) is 0 Å². The Bertz CT molecular complexity index is 531. The summed E-state index contributed by atoms with van der Waals surface area (Å²) in [7, 11) is 1.78. The Labute approximate surface area is 91.9 Å². The predicted octanol–water partition coefficient (Wildman–Crippen LogP) is 2.30. The van der Waals surface area contributed by atoms with Crippen LogP contribution in [0.15, 0.2) is 12.1 Å². The number of imidazole rings is 1. The van der Waals surface area contributed by atoms with Crippen molar-refractivity contribution in [2.45, 2.75) is 19.4 Å². The van der Waals surface area contributed by atoms with Gasteiger partial charge in [0.15, 0.2) is 5.82 Å². The molecule has 86 valence electrons. The van der Waals surface area contributed by atoms with E-state index in [1.807, 2.05) is 13.8 Å². The second-order valence-electron chi connectivity index (χ2n) is 4.24. The zero-order valence-corrected chi connectivity index (χ0v) is 9.36. The summed E-state index contributed by atoms with van der Waals surface area (Å²) in [5, 5.41) is 3.04. The van der Waals surface area contributed by atoms with E-state index in [4.69, 9.17) is 0 Å². The van der Waals surface area contributed by atoms with Crippen LogP contribution in [-0.2, 0) is 5.54 Å². The average molecular weight is 225 g/mol. The van der Waals surface area contributed by atoms with E-state index in [1.54, 1.807) is 7.05 Å². The Balaban J connectivity index is 2.65. The molecule has 0 saturated heterocycles. The minimum atomic E-state index is -0.649. The quantitative estimate of drug-likeness (QED) is 0.823. The maximum absolute atomic E-state index is 13.4. The lowest BCUT2D eigenvalue weighted by atomic mass is 10.1. The summed E-state index contributed by atoms with van der Waals surface area (Å²) in [4.78, 5) is 7.05. The fourth-order valence-corrected chi connectivity index (χ4v) is 1.46. The van der Waals surface area contributed by atoms with Gasteiger partial charge in [0, 0.05) is 6.07 Å². The molecule has 1 heterocycles. The van der Waals surface area contributed by atoms with Gasteiger partial charge in [0.1, 0.15) is 17.2 Å². The fourth-order valence-electron chi connectivity index (χ4n) is 1.46. The van der Waals surface area contributed by atoms with E-state index < -0.39 is 17.2 Å². The van der Waals surface area contributed by atoms with Crippen molar-refractivity contribution in [3.63, 3.8) is 0 Å². The molecule has 0 aliphatic heterocycles. The number of H-pyrrole nitrogens is 1. The molecule has 0 spiro atoms. The zero-order chi connectivity index (χ0) is 11.9. The maximum Gasteiger partial charge on any atom is 0.153 e. The third-order valence-corrected chi connectivity index (χ3v) is 2.72. The van der Waals surface area contributed by atoms with Crippen LogP contribution in [-0.4, -0.2) is 17.0 Å². The van der Waals surface area contributed by atoms with Crippen LogP contribution in [0.25, 0.3) is 11.0 Å². The Morgan fingerprint density at radius 3 is 2.62 bits per heavy atom. The second-order valence-corrected chi connectivity index (χ2v) is 4.24. The number of rotatable bonds is 2. The number of fused-ring (bicyclic) bond motifs is 1. The van der Waals surface area contributed by atoms with Crippen molar-refractivity contribution in [3.8, 4) is 0 Å². The molecule has 0 radical (unpaired) electrons. The summed E-state index contributed by atoms with van der Waals surface area (Å²) in [6.45, 7) is 3.80. The minimum absolute atomic E-state index is 0.166. The van der Waals surface area contributed by atoms with Gasteiger partial charge in [0.2, 0.25) is 0 Å². The van der Waals surface area contributed by atoms with Crippen LogP contribution in [0.5, 0.6) is 0 Å². The summed E-state index contributed by atoms with van der Waals surface area (Å²) < 4.78 is 26.4. The smallest absolute Gasteiger partial charge is 0.153 e. The molecule has 2 N–H and O–H groups in total. The third kappa shape index (κ3) is 1.67. The molecule has 0 fully saturated rings. The summed E-state index contributed by atoms with van der Waals surface area (Å²) in [5.41, 5.74) is 0.123. The standard InChI is InChI=1S/C11H13F2N3/c1-11(2,14-3)10-15-8-5-6(12)4-7(13)9(8)16-10/h4-5,14H,1-3H3,(H,15,16).